The van der Waals surface area contributed by atoms with Gasteiger partial charge in [0.2, 0.25) is 0 Å². The van der Waals surface area contributed by atoms with Crippen molar-refractivity contribution in [1.29, 1.82) is 0 Å². The Labute approximate surface area is 158 Å². The summed E-state index contributed by atoms with van der Waals surface area (Å²) in [6.07, 6.45) is 6.38. The van der Waals surface area contributed by atoms with Crippen molar-refractivity contribution in [3.05, 3.63) is 42.0 Å². The van der Waals surface area contributed by atoms with E-state index in [0.717, 1.165) is 48.9 Å². The number of benzene rings is 1. The van der Waals surface area contributed by atoms with Gasteiger partial charge in [-0.05, 0) is 56.7 Å². The number of aromatic amines is 1. The fourth-order valence-electron chi connectivity index (χ4n) is 4.30. The van der Waals surface area contributed by atoms with Crippen molar-refractivity contribution in [3.63, 3.8) is 0 Å². The Morgan fingerprint density at radius 1 is 1.33 bits per heavy atom. The third kappa shape index (κ3) is 3.63. The summed E-state index contributed by atoms with van der Waals surface area (Å²) in [7, 11) is 0. The van der Waals surface area contributed by atoms with Crippen LogP contribution >= 0.6 is 0 Å². The molecule has 2 aromatic rings. The highest BCUT2D eigenvalue weighted by Crippen LogP contribution is 2.35. The number of piperidine rings is 1. The molecule has 2 fully saturated rings. The Balaban J connectivity index is 1.44. The highest BCUT2D eigenvalue weighted by atomic mass is 19.1. The van der Waals surface area contributed by atoms with Gasteiger partial charge in [-0.3, -0.25) is 9.89 Å². The fourth-order valence-corrected chi connectivity index (χ4v) is 4.30. The number of ether oxygens (including phenoxy) is 1. The first-order chi connectivity index (χ1) is 13.1. The lowest BCUT2D eigenvalue weighted by atomic mass is 9.88. The lowest BCUT2D eigenvalue weighted by Crippen LogP contribution is -2.52. The molecule has 27 heavy (non-hydrogen) atoms. The van der Waals surface area contributed by atoms with Crippen LogP contribution in [0.2, 0.25) is 0 Å². The molecule has 0 spiro atoms. The summed E-state index contributed by atoms with van der Waals surface area (Å²) >= 11 is 0. The molecule has 2 aliphatic rings. The van der Waals surface area contributed by atoms with Gasteiger partial charge in [-0.25, -0.2) is 4.39 Å². The smallest absolute Gasteiger partial charge is 0.254 e. The summed E-state index contributed by atoms with van der Waals surface area (Å²) in [6.45, 7) is 4.02. The monoisotopic (exact) mass is 371 g/mol. The van der Waals surface area contributed by atoms with Crippen LogP contribution in [0.15, 0.2) is 30.5 Å². The number of carbonyl (C=O) groups excluding carboxylic acids is 1. The maximum atomic E-state index is 13.6. The number of rotatable bonds is 3. The van der Waals surface area contributed by atoms with E-state index >= 15 is 0 Å². The molecule has 3 heterocycles. The second-order valence-corrected chi connectivity index (χ2v) is 7.81. The molecule has 0 bridgehead atoms. The van der Waals surface area contributed by atoms with E-state index in [1.165, 1.54) is 12.1 Å². The summed E-state index contributed by atoms with van der Waals surface area (Å²) in [5.74, 6) is 0.159. The molecule has 0 radical (unpaired) electrons. The minimum Gasteiger partial charge on any atom is -0.365 e. The predicted octanol–water partition coefficient (Wildman–Crippen LogP) is 3.88. The first kappa shape index (κ1) is 18.2. The van der Waals surface area contributed by atoms with Gasteiger partial charge in [-0.2, -0.15) is 5.10 Å². The third-order valence-electron chi connectivity index (χ3n) is 5.92. The molecule has 144 valence electrons. The average molecular weight is 371 g/mol. The van der Waals surface area contributed by atoms with Gasteiger partial charge in [0, 0.05) is 36.9 Å². The van der Waals surface area contributed by atoms with Crippen LogP contribution in [-0.2, 0) is 9.53 Å². The number of amides is 1. The van der Waals surface area contributed by atoms with Crippen LogP contribution in [0.4, 0.5) is 4.39 Å². The highest BCUT2D eigenvalue weighted by Gasteiger charge is 2.40. The Kier molecular flexibility index (Phi) is 5.00. The molecule has 1 N–H and O–H groups in total. The number of H-pyrrole nitrogens is 1. The molecule has 1 amide bonds. The Hall–Kier alpha value is -2.21. The van der Waals surface area contributed by atoms with Crippen molar-refractivity contribution in [1.82, 2.24) is 15.1 Å². The van der Waals surface area contributed by atoms with Gasteiger partial charge in [0.15, 0.2) is 0 Å². The van der Waals surface area contributed by atoms with Gasteiger partial charge in [-0.1, -0.05) is 12.1 Å². The number of hydrogen-bond acceptors (Lipinski definition) is 3. The molecule has 0 aliphatic carbocycles. The number of halogens is 1. The maximum absolute atomic E-state index is 13.6. The van der Waals surface area contributed by atoms with Gasteiger partial charge in [0.1, 0.15) is 11.4 Å². The number of likely N-dealkylation sites (tertiary alicyclic amines) is 1. The molecular weight excluding hydrogens is 345 g/mol. The molecule has 0 saturated carbocycles. The van der Waals surface area contributed by atoms with Crippen LogP contribution in [-0.4, -0.2) is 46.3 Å². The molecule has 6 heteroatoms. The van der Waals surface area contributed by atoms with Crippen molar-refractivity contribution in [2.45, 2.75) is 50.5 Å². The Morgan fingerprint density at radius 3 is 2.85 bits per heavy atom. The maximum Gasteiger partial charge on any atom is 0.254 e. The molecule has 1 aromatic carbocycles. The number of hydrogen-bond donors (Lipinski definition) is 1. The van der Waals surface area contributed by atoms with Crippen molar-refractivity contribution in [3.8, 4) is 11.1 Å². The molecule has 5 nitrogen and oxygen atoms in total. The summed E-state index contributed by atoms with van der Waals surface area (Å²) in [5, 5.41) is 7.30. The Morgan fingerprint density at radius 2 is 2.15 bits per heavy atom. The van der Waals surface area contributed by atoms with E-state index in [9.17, 15) is 9.18 Å². The van der Waals surface area contributed by atoms with E-state index in [-0.39, 0.29) is 17.6 Å². The summed E-state index contributed by atoms with van der Waals surface area (Å²) < 4.78 is 19.4. The zero-order chi connectivity index (χ0) is 18.9. The summed E-state index contributed by atoms with van der Waals surface area (Å²) in [5.41, 5.74) is 2.15. The zero-order valence-electron chi connectivity index (χ0n) is 15.7. The second-order valence-electron chi connectivity index (χ2n) is 7.81. The first-order valence-corrected chi connectivity index (χ1v) is 9.79. The SMILES string of the molecule is C[C@]1(C(=O)N2CCC(c3[nH]ncc3-c3cccc(F)c3)CC2)CCCCO1. The highest BCUT2D eigenvalue weighted by molar-refractivity contribution is 5.85. The van der Waals surface area contributed by atoms with Crippen molar-refractivity contribution >= 4 is 5.91 Å². The van der Waals surface area contributed by atoms with Crippen LogP contribution in [0.1, 0.15) is 50.6 Å². The summed E-state index contributed by atoms with van der Waals surface area (Å²) in [4.78, 5) is 14.9. The zero-order valence-corrected chi connectivity index (χ0v) is 15.7. The van der Waals surface area contributed by atoms with Gasteiger partial charge >= 0.3 is 0 Å². The molecule has 0 unspecified atom stereocenters. The minimum absolute atomic E-state index is 0.121. The molecule has 2 saturated heterocycles. The largest absolute Gasteiger partial charge is 0.365 e. The predicted molar refractivity (Wildman–Crippen MR) is 101 cm³/mol. The van der Waals surface area contributed by atoms with Gasteiger partial charge in [-0.15, -0.1) is 0 Å². The lowest BCUT2D eigenvalue weighted by Gasteiger charge is -2.40. The second kappa shape index (κ2) is 7.43. The quantitative estimate of drug-likeness (QED) is 0.891. The summed E-state index contributed by atoms with van der Waals surface area (Å²) in [6, 6.07) is 6.60. The first-order valence-electron chi connectivity index (χ1n) is 9.79. The number of nitrogens with one attached hydrogen (secondary N) is 1. The van der Waals surface area contributed by atoms with E-state index in [0.29, 0.717) is 19.7 Å². The molecule has 4 rings (SSSR count). The van der Waals surface area contributed by atoms with Crippen molar-refractivity contribution < 1.29 is 13.9 Å². The van der Waals surface area contributed by atoms with Crippen LogP contribution in [0.5, 0.6) is 0 Å². The van der Waals surface area contributed by atoms with Crippen molar-refractivity contribution in [2.24, 2.45) is 0 Å². The molecule has 1 atom stereocenters. The van der Waals surface area contributed by atoms with Gasteiger partial charge < -0.3 is 9.64 Å². The topological polar surface area (TPSA) is 58.2 Å². The van der Waals surface area contributed by atoms with Crippen LogP contribution in [0.3, 0.4) is 0 Å². The standard InChI is InChI=1S/C21H26FN3O2/c1-21(9-2-3-12-27-21)20(26)25-10-7-15(8-11-25)19-18(14-23-24-19)16-5-4-6-17(22)13-16/h4-6,13-15H,2-3,7-12H2,1H3,(H,23,24)/t21-/m1/s1. The molecular formula is C21H26FN3O2. The number of nitrogens with zero attached hydrogens (tertiary/aromatic N) is 2. The number of aromatic nitrogens is 2. The van der Waals surface area contributed by atoms with Gasteiger partial charge in [0.25, 0.3) is 5.91 Å². The fraction of sp³-hybridized carbons (Fsp3) is 0.524. The van der Waals surface area contributed by atoms with Crippen LogP contribution < -0.4 is 0 Å². The van der Waals surface area contributed by atoms with E-state index in [4.69, 9.17) is 4.74 Å². The normalized spacial score (nSPS) is 24.1. The molecule has 2 aliphatic heterocycles. The van der Waals surface area contributed by atoms with Crippen LogP contribution in [0.25, 0.3) is 11.1 Å². The van der Waals surface area contributed by atoms with E-state index < -0.39 is 5.60 Å². The van der Waals surface area contributed by atoms with E-state index in [2.05, 4.69) is 10.2 Å². The van der Waals surface area contributed by atoms with E-state index in [1.807, 2.05) is 17.9 Å². The molecule has 1 aromatic heterocycles. The van der Waals surface area contributed by atoms with Crippen molar-refractivity contribution in [2.75, 3.05) is 19.7 Å². The number of carbonyl (C=O) groups is 1. The van der Waals surface area contributed by atoms with Crippen LogP contribution in [0, 0.1) is 5.82 Å². The third-order valence-corrected chi connectivity index (χ3v) is 5.92. The van der Waals surface area contributed by atoms with E-state index in [1.54, 1.807) is 12.3 Å². The Bertz CT molecular complexity index is 805. The average Bonchev–Trinajstić information content (AvgIpc) is 3.18. The van der Waals surface area contributed by atoms with Gasteiger partial charge in [0.05, 0.1) is 6.20 Å². The minimum atomic E-state index is -0.661. The lowest BCUT2D eigenvalue weighted by molar-refractivity contribution is -0.163.